The summed E-state index contributed by atoms with van der Waals surface area (Å²) in [6.07, 6.45) is 4.71. The number of rotatable bonds is 9. The Kier molecular flexibility index (Phi) is 7.21. The van der Waals surface area contributed by atoms with Crippen LogP contribution in [0.3, 0.4) is 0 Å². The first-order valence-electron chi connectivity index (χ1n) is 10.8. The van der Waals surface area contributed by atoms with E-state index in [9.17, 15) is 14.4 Å². The standard InChI is InChI=1S/C27H22FN5O/c28-23-8-3-5-20(15-23)12-14-31-27-26(33(19-34)18-21-6-4-13-30-17-21)11-10-25(32-27)24-9-2-1-7-22(24)16-29/h1-11,13,15,17,19H,12,14,18H2,(H,31,32). The highest BCUT2D eigenvalue weighted by atomic mass is 19.1. The third kappa shape index (κ3) is 5.43. The summed E-state index contributed by atoms with van der Waals surface area (Å²) in [5, 5.41) is 12.8. The van der Waals surface area contributed by atoms with Crippen LogP contribution in [0, 0.1) is 17.1 Å². The Hall–Kier alpha value is -4.57. The van der Waals surface area contributed by atoms with Crippen LogP contribution in [0.5, 0.6) is 0 Å². The number of hydrogen-bond acceptors (Lipinski definition) is 5. The average Bonchev–Trinajstić information content (AvgIpc) is 2.88. The lowest BCUT2D eigenvalue weighted by Crippen LogP contribution is -2.23. The summed E-state index contributed by atoms with van der Waals surface area (Å²) >= 11 is 0. The Balaban J connectivity index is 1.66. The zero-order valence-corrected chi connectivity index (χ0v) is 18.4. The van der Waals surface area contributed by atoms with Crippen molar-refractivity contribution in [1.29, 1.82) is 5.26 Å². The van der Waals surface area contributed by atoms with E-state index in [1.807, 2.05) is 36.4 Å². The van der Waals surface area contributed by atoms with Crippen molar-refractivity contribution in [3.63, 3.8) is 0 Å². The first-order valence-corrected chi connectivity index (χ1v) is 10.8. The van der Waals surface area contributed by atoms with Gasteiger partial charge < -0.3 is 10.2 Å². The topological polar surface area (TPSA) is 81.9 Å². The Morgan fingerprint density at radius 2 is 1.88 bits per heavy atom. The molecule has 0 aliphatic heterocycles. The monoisotopic (exact) mass is 451 g/mol. The Morgan fingerprint density at radius 1 is 1.03 bits per heavy atom. The minimum absolute atomic E-state index is 0.282. The molecule has 1 N–H and O–H groups in total. The SMILES string of the molecule is N#Cc1ccccc1-c1ccc(N(C=O)Cc2cccnc2)c(NCCc2cccc(F)c2)n1. The first-order chi connectivity index (χ1) is 16.7. The Morgan fingerprint density at radius 3 is 2.65 bits per heavy atom. The van der Waals surface area contributed by atoms with Crippen molar-refractivity contribution in [1.82, 2.24) is 9.97 Å². The molecular formula is C27H22FN5O. The van der Waals surface area contributed by atoms with Gasteiger partial charge in [0.25, 0.3) is 0 Å². The second-order valence-electron chi connectivity index (χ2n) is 7.62. The molecule has 4 rings (SSSR count). The number of anilines is 2. The van der Waals surface area contributed by atoms with E-state index in [0.717, 1.165) is 17.5 Å². The van der Waals surface area contributed by atoms with Gasteiger partial charge in [0.05, 0.1) is 29.6 Å². The van der Waals surface area contributed by atoms with E-state index in [1.54, 1.807) is 41.6 Å². The minimum atomic E-state index is -0.282. The molecule has 2 aromatic carbocycles. The van der Waals surface area contributed by atoms with E-state index in [-0.39, 0.29) is 5.82 Å². The van der Waals surface area contributed by atoms with Gasteiger partial charge in [0, 0.05) is 24.5 Å². The number of carbonyl (C=O) groups is 1. The van der Waals surface area contributed by atoms with Crippen molar-refractivity contribution in [3.8, 4) is 17.3 Å². The van der Waals surface area contributed by atoms with E-state index in [1.165, 1.54) is 12.1 Å². The van der Waals surface area contributed by atoms with Gasteiger partial charge in [-0.25, -0.2) is 9.37 Å². The van der Waals surface area contributed by atoms with Crippen LogP contribution >= 0.6 is 0 Å². The van der Waals surface area contributed by atoms with Gasteiger partial charge in [-0.3, -0.25) is 9.78 Å². The molecular weight excluding hydrogens is 429 g/mol. The molecule has 34 heavy (non-hydrogen) atoms. The summed E-state index contributed by atoms with van der Waals surface area (Å²) in [4.78, 5) is 22.4. The average molecular weight is 452 g/mol. The van der Waals surface area contributed by atoms with Crippen LogP contribution < -0.4 is 10.2 Å². The van der Waals surface area contributed by atoms with Crippen LogP contribution in [0.1, 0.15) is 16.7 Å². The number of amides is 1. The van der Waals surface area contributed by atoms with Gasteiger partial charge in [-0.05, 0) is 53.9 Å². The maximum Gasteiger partial charge on any atom is 0.214 e. The fourth-order valence-corrected chi connectivity index (χ4v) is 3.65. The molecule has 1 amide bonds. The summed E-state index contributed by atoms with van der Waals surface area (Å²) in [5.74, 6) is 0.215. The van der Waals surface area contributed by atoms with E-state index in [2.05, 4.69) is 16.4 Å². The molecule has 2 heterocycles. The third-order valence-electron chi connectivity index (χ3n) is 5.30. The van der Waals surface area contributed by atoms with Gasteiger partial charge in [0.15, 0.2) is 5.82 Å². The third-order valence-corrected chi connectivity index (χ3v) is 5.30. The molecule has 0 fully saturated rings. The maximum absolute atomic E-state index is 13.5. The van der Waals surface area contributed by atoms with Crippen LogP contribution in [0.2, 0.25) is 0 Å². The van der Waals surface area contributed by atoms with Crippen LogP contribution in [-0.2, 0) is 17.8 Å². The highest BCUT2D eigenvalue weighted by molar-refractivity contribution is 5.83. The number of halogens is 1. The van der Waals surface area contributed by atoms with Crippen molar-refractivity contribution in [2.45, 2.75) is 13.0 Å². The molecule has 0 bridgehead atoms. The first kappa shape index (κ1) is 22.6. The van der Waals surface area contributed by atoms with Crippen molar-refractivity contribution in [3.05, 3.63) is 108 Å². The van der Waals surface area contributed by atoms with Crippen molar-refractivity contribution in [2.75, 3.05) is 16.8 Å². The van der Waals surface area contributed by atoms with Gasteiger partial charge in [-0.1, -0.05) is 36.4 Å². The Labute approximate surface area is 197 Å². The fraction of sp³-hybridized carbons (Fsp3) is 0.111. The summed E-state index contributed by atoms with van der Waals surface area (Å²) in [6.45, 7) is 0.804. The molecule has 4 aromatic rings. The highest BCUT2D eigenvalue weighted by Gasteiger charge is 2.16. The molecule has 2 aromatic heterocycles. The second-order valence-corrected chi connectivity index (χ2v) is 7.62. The smallest absolute Gasteiger partial charge is 0.214 e. The lowest BCUT2D eigenvalue weighted by Gasteiger charge is -2.22. The zero-order valence-electron chi connectivity index (χ0n) is 18.4. The summed E-state index contributed by atoms with van der Waals surface area (Å²) in [7, 11) is 0. The molecule has 0 spiro atoms. The van der Waals surface area contributed by atoms with Crippen LogP contribution in [-0.4, -0.2) is 22.9 Å². The molecule has 0 saturated heterocycles. The molecule has 168 valence electrons. The Bertz CT molecular complexity index is 1320. The molecule has 6 nitrogen and oxygen atoms in total. The van der Waals surface area contributed by atoms with Crippen molar-refractivity contribution >= 4 is 17.9 Å². The number of aromatic nitrogens is 2. The number of nitrogens with one attached hydrogen (secondary N) is 1. The summed E-state index contributed by atoms with van der Waals surface area (Å²) in [6, 6.07) is 23.2. The number of nitriles is 1. The molecule has 0 aliphatic carbocycles. The summed E-state index contributed by atoms with van der Waals surface area (Å²) < 4.78 is 13.5. The normalized spacial score (nSPS) is 10.4. The van der Waals surface area contributed by atoms with Crippen LogP contribution in [0.4, 0.5) is 15.9 Å². The molecule has 0 unspecified atom stereocenters. The van der Waals surface area contributed by atoms with E-state index < -0.39 is 0 Å². The molecule has 0 saturated carbocycles. The largest absolute Gasteiger partial charge is 0.368 e. The zero-order chi connectivity index (χ0) is 23.8. The quantitative estimate of drug-likeness (QED) is 0.363. The molecule has 7 heteroatoms. The number of hydrogen-bond donors (Lipinski definition) is 1. The summed E-state index contributed by atoms with van der Waals surface area (Å²) in [5.41, 5.74) is 4.14. The van der Waals surface area contributed by atoms with Crippen LogP contribution in [0.25, 0.3) is 11.3 Å². The highest BCUT2D eigenvalue weighted by Crippen LogP contribution is 2.30. The molecule has 0 aliphatic rings. The van der Waals surface area contributed by atoms with Gasteiger partial charge in [0.2, 0.25) is 6.41 Å². The van der Waals surface area contributed by atoms with E-state index in [0.29, 0.717) is 47.8 Å². The fourth-order valence-electron chi connectivity index (χ4n) is 3.65. The maximum atomic E-state index is 13.5. The predicted octanol–water partition coefficient (Wildman–Crippen LogP) is 4.97. The van der Waals surface area contributed by atoms with Crippen LogP contribution in [0.15, 0.2) is 85.2 Å². The number of pyridine rings is 2. The van der Waals surface area contributed by atoms with Gasteiger partial charge in [0.1, 0.15) is 5.82 Å². The van der Waals surface area contributed by atoms with E-state index in [4.69, 9.17) is 4.98 Å². The van der Waals surface area contributed by atoms with Crippen molar-refractivity contribution < 1.29 is 9.18 Å². The minimum Gasteiger partial charge on any atom is -0.368 e. The van der Waals surface area contributed by atoms with Gasteiger partial charge in [-0.15, -0.1) is 0 Å². The number of carbonyl (C=O) groups excluding carboxylic acids is 1. The molecule has 0 atom stereocenters. The lowest BCUT2D eigenvalue weighted by molar-refractivity contribution is -0.107. The second kappa shape index (κ2) is 10.8. The predicted molar refractivity (Wildman–Crippen MR) is 129 cm³/mol. The van der Waals surface area contributed by atoms with Crippen molar-refractivity contribution in [2.24, 2.45) is 0 Å². The number of nitrogens with zero attached hydrogens (tertiary/aromatic N) is 4. The van der Waals surface area contributed by atoms with Gasteiger partial charge >= 0.3 is 0 Å². The molecule has 0 radical (unpaired) electrons. The van der Waals surface area contributed by atoms with Gasteiger partial charge in [-0.2, -0.15) is 5.26 Å². The number of benzene rings is 2. The lowest BCUT2D eigenvalue weighted by atomic mass is 10.0. The van der Waals surface area contributed by atoms with E-state index >= 15 is 0 Å².